The van der Waals surface area contributed by atoms with Gasteiger partial charge in [0.05, 0.1) is 0 Å². The van der Waals surface area contributed by atoms with Crippen LogP contribution in [0.5, 0.6) is 0 Å². The van der Waals surface area contributed by atoms with E-state index in [1.165, 1.54) is 19.3 Å². The van der Waals surface area contributed by atoms with E-state index >= 15 is 0 Å². The van der Waals surface area contributed by atoms with Gasteiger partial charge in [-0.25, -0.2) is 0 Å². The molecular formula is C32H31N4O2Tl. The Morgan fingerprint density at radius 1 is 0.897 bits per heavy atom. The first-order valence-electron chi connectivity index (χ1n) is 13.8. The fourth-order valence-electron chi connectivity index (χ4n) is 7.70. The number of amides is 2. The minimum Gasteiger partial charge on any atom is -0.0573 e. The second-order valence-electron chi connectivity index (χ2n) is 12.3. The van der Waals surface area contributed by atoms with Gasteiger partial charge in [-0.1, -0.05) is 17.7 Å². The number of fused-ring (bicyclic) bond motifs is 1. The summed E-state index contributed by atoms with van der Waals surface area (Å²) in [6, 6.07) is 21.2. The van der Waals surface area contributed by atoms with Crippen LogP contribution in [0.1, 0.15) is 54.4 Å². The molecule has 1 heterocycles. The van der Waals surface area contributed by atoms with Gasteiger partial charge in [0.15, 0.2) is 0 Å². The number of rotatable bonds is 5. The smallest absolute Gasteiger partial charge is 0.0573 e. The zero-order chi connectivity index (χ0) is 26.8. The molecule has 0 spiro atoms. The van der Waals surface area contributed by atoms with E-state index in [4.69, 9.17) is 4.98 Å². The molecule has 3 N–H and O–H groups in total. The van der Waals surface area contributed by atoms with Crippen LogP contribution in [0, 0.1) is 24.2 Å². The van der Waals surface area contributed by atoms with Gasteiger partial charge in [0.2, 0.25) is 0 Å². The molecule has 0 saturated heterocycles. The monoisotopic (exact) mass is 708 g/mol. The molecule has 2 amide bonds. The number of nitrogens with zero attached hydrogens (tertiary/aromatic N) is 1. The predicted molar refractivity (Wildman–Crippen MR) is 155 cm³/mol. The molecule has 0 radical (unpaired) electrons. The van der Waals surface area contributed by atoms with Gasteiger partial charge in [-0.2, -0.15) is 0 Å². The Morgan fingerprint density at radius 2 is 1.56 bits per heavy atom. The van der Waals surface area contributed by atoms with Crippen molar-refractivity contribution in [2.24, 2.45) is 17.3 Å². The third-order valence-electron chi connectivity index (χ3n) is 9.06. The number of imidazole rings is 1. The van der Waals surface area contributed by atoms with Gasteiger partial charge in [0.1, 0.15) is 0 Å². The van der Waals surface area contributed by atoms with Crippen LogP contribution >= 0.6 is 0 Å². The summed E-state index contributed by atoms with van der Waals surface area (Å²) in [5.74, 6) is 2.32. The van der Waals surface area contributed by atoms with Crippen molar-refractivity contribution in [3.8, 4) is 11.4 Å². The summed E-state index contributed by atoms with van der Waals surface area (Å²) in [4.78, 5) is 34.4. The van der Waals surface area contributed by atoms with Gasteiger partial charge in [-0.05, 0) is 37.3 Å². The van der Waals surface area contributed by atoms with Crippen LogP contribution in [-0.2, 0) is 4.79 Å². The van der Waals surface area contributed by atoms with E-state index < -0.39 is 0 Å². The average molecular weight is 708 g/mol. The number of anilines is 2. The van der Waals surface area contributed by atoms with Gasteiger partial charge in [-0.15, -0.1) is 0 Å². The molecule has 4 fully saturated rings. The number of benzene rings is 3. The quantitative estimate of drug-likeness (QED) is 0.203. The summed E-state index contributed by atoms with van der Waals surface area (Å²) in [6.45, 7) is 2.02. The Bertz CT molecular complexity index is 1580. The van der Waals surface area contributed by atoms with Crippen LogP contribution in [0.3, 0.4) is 0 Å². The molecule has 39 heavy (non-hydrogen) atoms. The normalized spacial score (nSPS) is 27.0. The molecule has 0 aliphatic heterocycles. The Labute approximate surface area is 244 Å². The molecular weight excluding hydrogens is 677 g/mol. The molecule has 194 valence electrons. The van der Waals surface area contributed by atoms with Crippen molar-refractivity contribution in [1.29, 1.82) is 0 Å². The third kappa shape index (κ3) is 4.70. The second kappa shape index (κ2) is 9.28. The molecule has 4 aliphatic carbocycles. The van der Waals surface area contributed by atoms with Crippen molar-refractivity contribution in [3.05, 3.63) is 77.9 Å². The van der Waals surface area contributed by atoms with Crippen molar-refractivity contribution in [2.45, 2.75) is 48.4 Å². The number of aromatic nitrogens is 2. The first-order valence-corrected chi connectivity index (χ1v) is 16.1. The number of hydrogen-bond donors (Lipinski definition) is 3. The SMILES string of the molecule is Cc1ccc(NC(=O)c2ccc3nc(-c4ccc(NC(=O)C56C[C@@H]7C[C@@H](C[C]([Tl])(C7)C5)C6)cc4)[nH]c3c2)cc1. The van der Waals surface area contributed by atoms with Crippen LogP contribution in [-0.4, -0.2) is 47.5 Å². The molecule has 2 unspecified atom stereocenters. The van der Waals surface area contributed by atoms with Crippen molar-refractivity contribution in [3.63, 3.8) is 0 Å². The summed E-state index contributed by atoms with van der Waals surface area (Å²) >= 11 is 0.960. The Balaban J connectivity index is 1.06. The number of aryl methyl sites for hydroxylation is 1. The summed E-state index contributed by atoms with van der Waals surface area (Å²) < 4.78 is 0.508. The summed E-state index contributed by atoms with van der Waals surface area (Å²) in [5, 5.41) is 6.22. The van der Waals surface area contributed by atoms with Crippen molar-refractivity contribution in [1.82, 2.24) is 9.97 Å². The number of nitrogens with one attached hydrogen (secondary N) is 3. The minimum atomic E-state index is -0.159. The first-order chi connectivity index (χ1) is 18.8. The molecule has 7 heteroatoms. The molecule has 8 rings (SSSR count). The summed E-state index contributed by atoms with van der Waals surface area (Å²) in [5.41, 5.74) is 5.71. The molecule has 4 aliphatic rings. The summed E-state index contributed by atoms with van der Waals surface area (Å²) in [7, 11) is 0. The van der Waals surface area contributed by atoms with E-state index in [0.717, 1.165) is 96.2 Å². The molecule has 4 aromatic rings. The number of H-pyrrole nitrogens is 1. The predicted octanol–water partition coefficient (Wildman–Crippen LogP) is 6.66. The fourth-order valence-corrected chi connectivity index (χ4v) is 11.8. The average Bonchev–Trinajstić information content (AvgIpc) is 3.32. The van der Waals surface area contributed by atoms with Gasteiger partial charge in [-0.3, -0.25) is 4.79 Å². The Hall–Kier alpha value is -3.01. The maximum atomic E-state index is 13.6. The number of carbonyl (C=O) groups is 2. The van der Waals surface area contributed by atoms with E-state index in [2.05, 4.69) is 15.6 Å². The van der Waals surface area contributed by atoms with Gasteiger partial charge in [0, 0.05) is 11.3 Å². The molecule has 4 saturated carbocycles. The second-order valence-corrected chi connectivity index (χ2v) is 17.0. The molecule has 6 nitrogen and oxygen atoms in total. The van der Waals surface area contributed by atoms with Crippen LogP contribution < -0.4 is 10.6 Å². The van der Waals surface area contributed by atoms with E-state index in [1.54, 1.807) is 6.07 Å². The van der Waals surface area contributed by atoms with Crippen LogP contribution in [0.2, 0.25) is 2.97 Å². The zero-order valence-electron chi connectivity index (χ0n) is 22.1. The maximum absolute atomic E-state index is 13.6. The van der Waals surface area contributed by atoms with Crippen LogP contribution in [0.4, 0.5) is 11.4 Å². The molecule has 4 atom stereocenters. The fraction of sp³-hybridized carbons (Fsp3) is 0.344. The van der Waals surface area contributed by atoms with Crippen molar-refractivity contribution < 1.29 is 9.59 Å². The standard InChI is InChI=1S/C32H31N4O2.Tl/c1-19-2-7-25(8-3-19)33-30(37)24-6-11-27-28(15-24)36-29(35-27)23-4-9-26(10-5-23)34-31(38)32-16-20-12-21(17-32)14-22(13-20)18-32;/h2-11,15,20-21H,12-14,16-18H2,1H3,(H,33,37)(H,34,38)(H,35,36);/t20-,21+,32?;. The van der Waals surface area contributed by atoms with Gasteiger partial charge >= 0.3 is 163 Å². The zero-order valence-corrected chi connectivity index (χ0v) is 26.6. The first kappa shape index (κ1) is 25.0. The number of hydrogen-bond acceptors (Lipinski definition) is 3. The molecule has 4 bridgehead atoms. The topological polar surface area (TPSA) is 86.9 Å². The van der Waals surface area contributed by atoms with E-state index in [1.807, 2.05) is 67.6 Å². The Kier molecular flexibility index (Phi) is 5.95. The van der Waals surface area contributed by atoms with E-state index in [-0.39, 0.29) is 17.2 Å². The van der Waals surface area contributed by atoms with Crippen LogP contribution in [0.15, 0.2) is 66.7 Å². The van der Waals surface area contributed by atoms with Crippen molar-refractivity contribution >= 4 is 60.0 Å². The molecule has 1 aromatic heterocycles. The van der Waals surface area contributed by atoms with Crippen LogP contribution in [0.25, 0.3) is 22.4 Å². The van der Waals surface area contributed by atoms with Crippen molar-refractivity contribution in [2.75, 3.05) is 10.6 Å². The van der Waals surface area contributed by atoms with Gasteiger partial charge in [0.25, 0.3) is 5.91 Å². The Morgan fingerprint density at radius 3 is 2.26 bits per heavy atom. The minimum absolute atomic E-state index is 0.153. The number of carbonyl (C=O) groups excluding carboxylic acids is 2. The summed E-state index contributed by atoms with van der Waals surface area (Å²) in [6.07, 6.45) is 7.33. The van der Waals surface area contributed by atoms with E-state index in [0.29, 0.717) is 8.54 Å². The number of aromatic amines is 1. The van der Waals surface area contributed by atoms with E-state index in [9.17, 15) is 9.59 Å². The third-order valence-corrected chi connectivity index (χ3v) is 11.7. The van der Waals surface area contributed by atoms with Gasteiger partial charge < -0.3 is 5.32 Å². The molecule has 3 aromatic carbocycles.